The van der Waals surface area contributed by atoms with Crippen molar-refractivity contribution in [3.8, 4) is 0 Å². The molecule has 3 aromatic rings. The van der Waals surface area contributed by atoms with E-state index in [-0.39, 0.29) is 17.2 Å². The smallest absolute Gasteiger partial charge is 0.287 e. The number of fused-ring (bicyclic) bond motifs is 1. The van der Waals surface area contributed by atoms with Crippen LogP contribution in [-0.2, 0) is 0 Å². The lowest BCUT2D eigenvalue weighted by Gasteiger charge is -2.26. The Bertz CT molecular complexity index is 1110. The van der Waals surface area contributed by atoms with Gasteiger partial charge >= 0.3 is 0 Å². The number of furan rings is 1. The predicted molar refractivity (Wildman–Crippen MR) is 111 cm³/mol. The van der Waals surface area contributed by atoms with Crippen molar-refractivity contribution in [1.82, 2.24) is 10.2 Å². The number of aryl methyl sites for hydroxylation is 3. The molecule has 0 aliphatic carbocycles. The van der Waals surface area contributed by atoms with E-state index in [4.69, 9.17) is 8.83 Å². The summed E-state index contributed by atoms with van der Waals surface area (Å²) in [6, 6.07) is 8.77. The number of nitrogens with zero attached hydrogens (tertiary/aromatic N) is 1. The van der Waals surface area contributed by atoms with E-state index in [1.807, 2.05) is 39.0 Å². The number of amides is 1. The Morgan fingerprint density at radius 2 is 1.86 bits per heavy atom. The standard InChI is InChI=1S/C23H26N2O4/c1-14-6-8-17-19(26)12-21(29-22(17)16(14)3)23(27)24-13-18(25-10-4-5-11-25)20-9-7-15(2)28-20/h6-9,12,18H,4-5,10-11,13H2,1-3H3,(H,24,27). The van der Waals surface area contributed by atoms with Crippen LogP contribution in [0.5, 0.6) is 0 Å². The molecule has 4 rings (SSSR count). The Morgan fingerprint density at radius 1 is 1.10 bits per heavy atom. The SMILES string of the molecule is Cc1ccc(C(CNC(=O)c2cc(=O)c3ccc(C)c(C)c3o2)N2CCCC2)o1. The third-order valence-corrected chi connectivity index (χ3v) is 5.77. The molecule has 152 valence electrons. The van der Waals surface area contributed by atoms with E-state index < -0.39 is 5.91 Å². The van der Waals surface area contributed by atoms with Crippen LogP contribution in [0.1, 0.15) is 52.1 Å². The number of carbonyl (C=O) groups excluding carboxylic acids is 1. The predicted octanol–water partition coefficient (Wildman–Crippen LogP) is 3.88. The van der Waals surface area contributed by atoms with Crippen LogP contribution >= 0.6 is 0 Å². The minimum atomic E-state index is -0.391. The summed E-state index contributed by atoms with van der Waals surface area (Å²) in [5.41, 5.74) is 2.15. The van der Waals surface area contributed by atoms with E-state index in [0.29, 0.717) is 17.5 Å². The molecular weight excluding hydrogens is 368 g/mol. The second-order valence-electron chi connectivity index (χ2n) is 7.78. The lowest BCUT2D eigenvalue weighted by Crippen LogP contribution is -2.36. The molecular formula is C23H26N2O4. The molecule has 1 N–H and O–H groups in total. The average Bonchev–Trinajstić information content (AvgIpc) is 3.37. The minimum Gasteiger partial charge on any atom is -0.465 e. The Hall–Kier alpha value is -2.86. The third kappa shape index (κ3) is 3.85. The zero-order valence-corrected chi connectivity index (χ0v) is 17.1. The van der Waals surface area contributed by atoms with Crippen LogP contribution in [0.4, 0.5) is 0 Å². The molecule has 0 saturated carbocycles. The monoisotopic (exact) mass is 394 g/mol. The van der Waals surface area contributed by atoms with Crippen LogP contribution in [0.3, 0.4) is 0 Å². The number of likely N-dealkylation sites (tertiary alicyclic amines) is 1. The van der Waals surface area contributed by atoms with Crippen molar-refractivity contribution in [3.05, 3.63) is 69.0 Å². The zero-order valence-electron chi connectivity index (χ0n) is 17.1. The van der Waals surface area contributed by atoms with E-state index in [1.54, 1.807) is 6.07 Å². The number of carbonyl (C=O) groups is 1. The highest BCUT2D eigenvalue weighted by atomic mass is 16.3. The average molecular weight is 394 g/mol. The molecule has 0 spiro atoms. The summed E-state index contributed by atoms with van der Waals surface area (Å²) in [7, 11) is 0. The first-order chi connectivity index (χ1) is 13.9. The molecule has 6 heteroatoms. The Morgan fingerprint density at radius 3 is 2.55 bits per heavy atom. The van der Waals surface area contributed by atoms with Gasteiger partial charge in [0.05, 0.1) is 11.4 Å². The number of hydrogen-bond donors (Lipinski definition) is 1. The molecule has 6 nitrogen and oxygen atoms in total. The summed E-state index contributed by atoms with van der Waals surface area (Å²) in [6.07, 6.45) is 2.28. The van der Waals surface area contributed by atoms with Gasteiger partial charge in [-0.15, -0.1) is 0 Å². The maximum Gasteiger partial charge on any atom is 0.287 e. The Balaban J connectivity index is 1.58. The second-order valence-corrected chi connectivity index (χ2v) is 7.78. The molecule has 3 heterocycles. The first-order valence-electron chi connectivity index (χ1n) is 10.1. The topological polar surface area (TPSA) is 75.7 Å². The number of hydrogen-bond acceptors (Lipinski definition) is 5. The lowest BCUT2D eigenvalue weighted by molar-refractivity contribution is 0.0906. The molecule has 29 heavy (non-hydrogen) atoms. The fourth-order valence-corrected chi connectivity index (χ4v) is 3.94. The Labute approximate surface area is 169 Å². The normalized spacial score (nSPS) is 15.7. The molecule has 1 saturated heterocycles. The fraction of sp³-hybridized carbons (Fsp3) is 0.391. The van der Waals surface area contributed by atoms with Crippen LogP contribution in [-0.4, -0.2) is 30.4 Å². The van der Waals surface area contributed by atoms with Crippen molar-refractivity contribution in [2.24, 2.45) is 0 Å². The van der Waals surface area contributed by atoms with Crippen molar-refractivity contribution >= 4 is 16.9 Å². The van der Waals surface area contributed by atoms with Gasteiger partial charge in [-0.1, -0.05) is 6.07 Å². The number of nitrogens with one attached hydrogen (secondary N) is 1. The van der Waals surface area contributed by atoms with Gasteiger partial charge in [-0.2, -0.15) is 0 Å². The van der Waals surface area contributed by atoms with Gasteiger partial charge in [0.25, 0.3) is 5.91 Å². The third-order valence-electron chi connectivity index (χ3n) is 5.77. The van der Waals surface area contributed by atoms with Gasteiger partial charge in [0, 0.05) is 12.6 Å². The molecule has 0 bridgehead atoms. The highest BCUT2D eigenvalue weighted by Crippen LogP contribution is 2.26. The van der Waals surface area contributed by atoms with Crippen molar-refractivity contribution in [1.29, 1.82) is 0 Å². The molecule has 1 aliphatic rings. The molecule has 1 aromatic carbocycles. The summed E-state index contributed by atoms with van der Waals surface area (Å²) in [6.45, 7) is 8.10. The summed E-state index contributed by atoms with van der Waals surface area (Å²) < 4.78 is 11.7. The van der Waals surface area contributed by atoms with Gasteiger partial charge in [0.2, 0.25) is 0 Å². The van der Waals surface area contributed by atoms with Crippen molar-refractivity contribution in [2.45, 2.75) is 39.7 Å². The van der Waals surface area contributed by atoms with Crippen molar-refractivity contribution in [3.63, 3.8) is 0 Å². The van der Waals surface area contributed by atoms with E-state index in [0.717, 1.165) is 48.6 Å². The van der Waals surface area contributed by atoms with Gasteiger partial charge in [0.1, 0.15) is 17.1 Å². The maximum atomic E-state index is 12.8. The van der Waals surface area contributed by atoms with Gasteiger partial charge in [-0.3, -0.25) is 14.5 Å². The van der Waals surface area contributed by atoms with Crippen LogP contribution in [0, 0.1) is 20.8 Å². The van der Waals surface area contributed by atoms with E-state index in [1.165, 1.54) is 6.07 Å². The molecule has 2 aromatic heterocycles. The quantitative estimate of drug-likeness (QED) is 0.711. The fourth-order valence-electron chi connectivity index (χ4n) is 3.94. The largest absolute Gasteiger partial charge is 0.465 e. The first kappa shape index (κ1) is 19.5. The highest BCUT2D eigenvalue weighted by Gasteiger charge is 2.27. The summed E-state index contributed by atoms with van der Waals surface area (Å²) in [4.78, 5) is 27.6. The molecule has 0 radical (unpaired) electrons. The minimum absolute atomic E-state index is 0.0343. The summed E-state index contributed by atoms with van der Waals surface area (Å²) in [5, 5.41) is 3.43. The van der Waals surface area contributed by atoms with Crippen LogP contribution in [0.15, 0.2) is 44.0 Å². The van der Waals surface area contributed by atoms with Gasteiger partial charge in [0.15, 0.2) is 11.2 Å². The highest BCUT2D eigenvalue weighted by molar-refractivity contribution is 5.93. The second kappa shape index (κ2) is 7.87. The van der Waals surface area contributed by atoms with Crippen LogP contribution < -0.4 is 10.7 Å². The summed E-state index contributed by atoms with van der Waals surface area (Å²) >= 11 is 0. The number of rotatable bonds is 5. The van der Waals surface area contributed by atoms with E-state index in [2.05, 4.69) is 10.2 Å². The molecule has 1 amide bonds. The zero-order chi connectivity index (χ0) is 20.5. The van der Waals surface area contributed by atoms with Gasteiger partial charge in [-0.05, 0) is 76.0 Å². The van der Waals surface area contributed by atoms with E-state index in [9.17, 15) is 9.59 Å². The Kier molecular flexibility index (Phi) is 5.28. The van der Waals surface area contributed by atoms with E-state index >= 15 is 0 Å². The lowest BCUT2D eigenvalue weighted by atomic mass is 10.1. The maximum absolute atomic E-state index is 12.8. The number of benzene rings is 1. The first-order valence-corrected chi connectivity index (χ1v) is 10.1. The van der Waals surface area contributed by atoms with Crippen molar-refractivity contribution in [2.75, 3.05) is 19.6 Å². The molecule has 1 aliphatic heterocycles. The molecule has 1 atom stereocenters. The van der Waals surface area contributed by atoms with Gasteiger partial charge < -0.3 is 14.2 Å². The van der Waals surface area contributed by atoms with Crippen LogP contribution in [0.2, 0.25) is 0 Å². The molecule has 1 fully saturated rings. The van der Waals surface area contributed by atoms with Gasteiger partial charge in [-0.25, -0.2) is 0 Å². The van der Waals surface area contributed by atoms with Crippen LogP contribution in [0.25, 0.3) is 11.0 Å². The summed E-state index contributed by atoms with van der Waals surface area (Å²) in [5.74, 6) is 1.34. The van der Waals surface area contributed by atoms with Crippen molar-refractivity contribution < 1.29 is 13.6 Å². The molecule has 1 unspecified atom stereocenters.